The van der Waals surface area contributed by atoms with Gasteiger partial charge in [-0.05, 0) is 0 Å². The molecule has 0 aliphatic rings. The topological polar surface area (TPSA) is 43.8 Å². The molecule has 0 amide bonds. The van der Waals surface area contributed by atoms with Crippen molar-refractivity contribution in [2.45, 2.75) is 0 Å². The smallest absolute Gasteiger partial charge is 0.0281 e. The van der Waals surface area contributed by atoms with E-state index in [1.165, 1.54) is 4.68 Å². The average molecular weight is 200 g/mol. The minimum atomic E-state index is 0. The molecule has 9 heavy (non-hydrogen) atoms. The monoisotopic (exact) mass is 200 g/mol. The zero-order valence-corrected chi connectivity index (χ0v) is 8.03. The van der Waals surface area contributed by atoms with Gasteiger partial charge in [0.25, 0.3) is 0 Å². The summed E-state index contributed by atoms with van der Waals surface area (Å²) in [6, 6.07) is 1.83. The van der Waals surface area contributed by atoms with Crippen LogP contribution in [-0.4, -0.2) is 9.78 Å². The first-order valence-electron chi connectivity index (χ1n) is 2.11. The Morgan fingerprint density at radius 2 is 2.00 bits per heavy atom. The maximum absolute atomic E-state index is 4.25. The molecular weight excluding hydrogens is 191 g/mol. The summed E-state index contributed by atoms with van der Waals surface area (Å²) in [7, 11) is 6.24. The van der Waals surface area contributed by atoms with Crippen molar-refractivity contribution in [3.63, 3.8) is 0 Å². The molecule has 3 nitrogen and oxygen atoms in total. The molecule has 0 aliphatic heterocycles. The molecule has 1 rings (SSSR count). The van der Waals surface area contributed by atoms with Gasteiger partial charge in [-0.15, -0.1) is 12.3 Å². The molecule has 1 radical (unpaired) electrons. The van der Waals surface area contributed by atoms with Gasteiger partial charge >= 0.3 is 0 Å². The summed E-state index contributed by atoms with van der Waals surface area (Å²) in [5.41, 5.74) is 4.25. The van der Waals surface area contributed by atoms with Gasteiger partial charge in [0.1, 0.15) is 0 Å². The van der Waals surface area contributed by atoms with E-state index in [9.17, 15) is 0 Å². The molecular formula is C5H9N3Y-2. The van der Waals surface area contributed by atoms with Gasteiger partial charge in [0.05, 0.1) is 0 Å². The second-order valence-electron chi connectivity index (χ2n) is 1.05. The van der Waals surface area contributed by atoms with Crippen molar-refractivity contribution >= 4 is 0 Å². The molecule has 0 aliphatic carbocycles. The van der Waals surface area contributed by atoms with Crippen LogP contribution < -0.4 is 5.73 Å². The van der Waals surface area contributed by atoms with Gasteiger partial charge in [-0.25, -0.2) is 5.10 Å². The van der Waals surface area contributed by atoms with Crippen molar-refractivity contribution in [2.75, 3.05) is 0 Å². The summed E-state index contributed by atoms with van der Waals surface area (Å²) in [6.45, 7) is 0. The summed E-state index contributed by atoms with van der Waals surface area (Å²) >= 11 is 0. The Kier molecular flexibility index (Phi) is 10.8. The largest absolute Gasteiger partial charge is 0.486 e. The Hall–Kier alpha value is 0.144. The molecule has 0 saturated carbocycles. The van der Waals surface area contributed by atoms with Crippen LogP contribution in [0.15, 0.2) is 18.5 Å². The van der Waals surface area contributed by atoms with Gasteiger partial charge in [0.15, 0.2) is 0 Å². The van der Waals surface area contributed by atoms with E-state index in [0.717, 1.165) is 0 Å². The predicted octanol–water partition coefficient (Wildman–Crippen LogP) is 0.257. The number of nitrogens with zero attached hydrogens (tertiary/aromatic N) is 2. The minimum absolute atomic E-state index is 0. The number of aromatic nitrogens is 2. The van der Waals surface area contributed by atoms with Crippen molar-refractivity contribution < 1.29 is 32.7 Å². The van der Waals surface area contributed by atoms with Gasteiger partial charge in [0, 0.05) is 38.9 Å². The summed E-state index contributed by atoms with van der Waals surface area (Å²) < 4.78 is 1.50. The molecule has 0 spiro atoms. The third-order valence-electron chi connectivity index (χ3n) is 0.559. The third-order valence-corrected chi connectivity index (χ3v) is 0.559. The van der Waals surface area contributed by atoms with Crippen LogP contribution in [0.3, 0.4) is 0 Å². The van der Waals surface area contributed by atoms with Gasteiger partial charge in [-0.1, -0.05) is 0 Å². The molecule has 0 saturated heterocycles. The molecule has 0 atom stereocenters. The normalized spacial score (nSPS) is 6.44. The van der Waals surface area contributed by atoms with E-state index in [1.54, 1.807) is 12.4 Å². The van der Waals surface area contributed by atoms with Crippen LogP contribution in [0.1, 0.15) is 0 Å². The van der Waals surface area contributed by atoms with E-state index >= 15 is 0 Å². The first-order chi connectivity index (χ1) is 3.89. The average Bonchev–Trinajstić information content (AvgIpc) is 2.24. The van der Waals surface area contributed by atoms with Gasteiger partial charge in [0.2, 0.25) is 0 Å². The maximum Gasteiger partial charge on any atom is 0.0281 e. The Labute approximate surface area is 80.5 Å². The molecule has 0 unspecified atom stereocenters. The Balaban J connectivity index is 0. The molecule has 4 heteroatoms. The van der Waals surface area contributed by atoms with Crippen molar-refractivity contribution in [1.82, 2.24) is 9.78 Å². The quantitative estimate of drug-likeness (QED) is 0.610. The van der Waals surface area contributed by atoms with E-state index in [1.807, 2.05) is 6.07 Å². The van der Waals surface area contributed by atoms with E-state index in [0.29, 0.717) is 0 Å². The van der Waals surface area contributed by atoms with Gasteiger partial charge < -0.3 is 10.4 Å². The number of hydrogen-bond donors (Lipinski definition) is 1. The van der Waals surface area contributed by atoms with E-state index in [-0.39, 0.29) is 32.7 Å². The summed E-state index contributed by atoms with van der Waals surface area (Å²) in [4.78, 5) is 0. The molecule has 1 aromatic heterocycles. The maximum atomic E-state index is 4.25. The SMILES string of the molecule is [CH2-]N.[CH2-]n1cccn1.[Y]. The van der Waals surface area contributed by atoms with Crippen LogP contribution >= 0.6 is 0 Å². The third kappa shape index (κ3) is 6.02. The molecule has 49 valence electrons. The zero-order valence-electron chi connectivity index (χ0n) is 5.20. The van der Waals surface area contributed by atoms with Crippen molar-refractivity contribution in [3.05, 3.63) is 32.6 Å². The van der Waals surface area contributed by atoms with E-state index < -0.39 is 0 Å². The zero-order chi connectivity index (χ0) is 6.41. The fourth-order valence-corrected chi connectivity index (χ4v) is 0.300. The van der Waals surface area contributed by atoms with Gasteiger partial charge in [-0.2, -0.15) is 7.05 Å². The van der Waals surface area contributed by atoms with Crippen LogP contribution in [0.25, 0.3) is 0 Å². The van der Waals surface area contributed by atoms with E-state index in [2.05, 4.69) is 24.9 Å². The predicted molar refractivity (Wildman–Crippen MR) is 32.5 cm³/mol. The number of rotatable bonds is 0. The molecule has 2 N–H and O–H groups in total. The molecule has 1 heterocycles. The van der Waals surface area contributed by atoms with Crippen LogP contribution in [-0.2, 0) is 32.7 Å². The Morgan fingerprint density at radius 3 is 2.11 bits per heavy atom. The molecule has 1 aromatic rings. The molecule has 0 fully saturated rings. The summed E-state index contributed by atoms with van der Waals surface area (Å²) in [6.07, 6.45) is 3.47. The summed E-state index contributed by atoms with van der Waals surface area (Å²) in [5.74, 6) is 0. The van der Waals surface area contributed by atoms with Crippen molar-refractivity contribution in [3.8, 4) is 0 Å². The Morgan fingerprint density at radius 1 is 1.44 bits per heavy atom. The number of nitrogens with two attached hydrogens (primary N) is 1. The first kappa shape index (κ1) is 11.9. The fourth-order valence-electron chi connectivity index (χ4n) is 0.300. The van der Waals surface area contributed by atoms with Crippen molar-refractivity contribution in [2.24, 2.45) is 5.73 Å². The van der Waals surface area contributed by atoms with Crippen LogP contribution in [0.2, 0.25) is 0 Å². The molecule has 0 aromatic carbocycles. The van der Waals surface area contributed by atoms with Crippen LogP contribution in [0.5, 0.6) is 0 Å². The fraction of sp³-hybridized carbons (Fsp3) is 0. The van der Waals surface area contributed by atoms with Crippen LogP contribution in [0, 0.1) is 14.1 Å². The van der Waals surface area contributed by atoms with Crippen molar-refractivity contribution in [1.29, 1.82) is 0 Å². The summed E-state index contributed by atoms with van der Waals surface area (Å²) in [5, 5.41) is 3.72. The number of hydrogen-bond acceptors (Lipinski definition) is 2. The minimum Gasteiger partial charge on any atom is -0.486 e. The Bertz CT molecular complexity index is 116. The van der Waals surface area contributed by atoms with Crippen LogP contribution in [0.4, 0.5) is 0 Å². The first-order valence-corrected chi connectivity index (χ1v) is 2.11. The standard InChI is InChI=1S/C4H5N2.CH4N.Y/c1-6-4-2-3-5-6;1-2;/h2-4H,1H2;1-2H2;/q2*-1;. The van der Waals surface area contributed by atoms with E-state index in [4.69, 9.17) is 0 Å². The second kappa shape index (κ2) is 8.14. The second-order valence-corrected chi connectivity index (χ2v) is 1.05. The van der Waals surface area contributed by atoms with Gasteiger partial charge in [-0.3, -0.25) is 7.05 Å². The molecule has 0 bridgehead atoms.